The molecule has 0 fully saturated rings. The average Bonchev–Trinajstić information content (AvgIpc) is 2.86. The molecule has 0 saturated carbocycles. The number of hydrogen-bond donors (Lipinski definition) is 3. The van der Waals surface area contributed by atoms with E-state index in [1.165, 1.54) is 6.26 Å². The lowest BCUT2D eigenvalue weighted by atomic mass is 10.3. The molecular formula is C13H21N3O4. The molecule has 1 aromatic rings. The van der Waals surface area contributed by atoms with Crippen molar-refractivity contribution in [2.24, 2.45) is 0 Å². The summed E-state index contributed by atoms with van der Waals surface area (Å²) in [5.74, 6) is 0.219. The first kappa shape index (κ1) is 16.2. The van der Waals surface area contributed by atoms with Gasteiger partial charge in [-0.05, 0) is 32.5 Å². The molecule has 0 spiro atoms. The zero-order chi connectivity index (χ0) is 15.0. The van der Waals surface area contributed by atoms with Gasteiger partial charge in [0.2, 0.25) is 5.91 Å². The lowest BCUT2D eigenvalue weighted by Gasteiger charge is -2.16. The van der Waals surface area contributed by atoms with Gasteiger partial charge in [-0.3, -0.25) is 15.0 Å². The lowest BCUT2D eigenvalue weighted by Crippen LogP contribution is -2.43. The molecule has 0 aliphatic rings. The zero-order valence-corrected chi connectivity index (χ0v) is 11.8. The molecule has 0 aliphatic heterocycles. The molecule has 0 radical (unpaired) electrons. The topological polar surface area (TPSA) is 94.8 Å². The summed E-state index contributed by atoms with van der Waals surface area (Å²) >= 11 is 0. The quantitative estimate of drug-likeness (QED) is 0.669. The molecule has 1 rings (SSSR count). The number of likely N-dealkylation sites (N-methyl/N-ethyl adjacent to an activating group) is 1. The molecule has 3 N–H and O–H groups in total. The summed E-state index contributed by atoms with van der Waals surface area (Å²) in [6.45, 7) is 2.60. The Morgan fingerprint density at radius 1 is 1.50 bits per heavy atom. The van der Waals surface area contributed by atoms with Crippen molar-refractivity contribution in [3.8, 4) is 0 Å². The van der Waals surface area contributed by atoms with E-state index >= 15 is 0 Å². The molecule has 0 saturated heterocycles. The molecule has 1 aromatic heterocycles. The van der Waals surface area contributed by atoms with Crippen molar-refractivity contribution in [2.75, 3.05) is 20.1 Å². The van der Waals surface area contributed by atoms with E-state index in [0.717, 1.165) is 0 Å². The Kier molecular flexibility index (Phi) is 6.75. The highest BCUT2D eigenvalue weighted by molar-refractivity contribution is 5.95. The van der Waals surface area contributed by atoms with Crippen LogP contribution in [0.2, 0.25) is 0 Å². The number of nitrogens with zero attached hydrogens (tertiary/aromatic N) is 1. The predicted molar refractivity (Wildman–Crippen MR) is 72.9 cm³/mol. The zero-order valence-electron chi connectivity index (χ0n) is 11.8. The molecule has 1 heterocycles. The van der Waals surface area contributed by atoms with Crippen LogP contribution in [-0.4, -0.2) is 48.2 Å². The Morgan fingerprint density at radius 2 is 2.25 bits per heavy atom. The number of aliphatic hydroxyl groups excluding tert-OH is 1. The van der Waals surface area contributed by atoms with Gasteiger partial charge in [0.15, 0.2) is 0 Å². The van der Waals surface area contributed by atoms with Crippen LogP contribution in [0.4, 0.5) is 4.79 Å². The number of imide groups is 1. The highest BCUT2D eigenvalue weighted by Gasteiger charge is 2.11. The normalized spacial score (nSPS) is 12.2. The maximum atomic E-state index is 11.6. The Balaban J connectivity index is 2.19. The van der Waals surface area contributed by atoms with Crippen LogP contribution in [0.3, 0.4) is 0 Å². The summed E-state index contributed by atoms with van der Waals surface area (Å²) in [6, 6.07) is 2.89. The van der Waals surface area contributed by atoms with Crippen molar-refractivity contribution in [1.82, 2.24) is 15.5 Å². The van der Waals surface area contributed by atoms with Gasteiger partial charge in [0.05, 0.1) is 25.5 Å². The van der Waals surface area contributed by atoms with Crippen LogP contribution in [0, 0.1) is 0 Å². The standard InChI is InChI=1S/C13H21N3O4/c1-10(17)5-6-16(2)9-12(18)15-13(19)14-8-11-4-3-7-20-11/h3-4,7,10,17H,5-6,8-9H2,1-2H3,(H2,14,15,18,19). The number of hydrogen-bond acceptors (Lipinski definition) is 5. The van der Waals surface area contributed by atoms with Crippen molar-refractivity contribution in [3.63, 3.8) is 0 Å². The molecule has 7 heteroatoms. The summed E-state index contributed by atoms with van der Waals surface area (Å²) in [4.78, 5) is 24.8. The SMILES string of the molecule is CC(O)CCN(C)CC(=O)NC(=O)NCc1ccco1. The highest BCUT2D eigenvalue weighted by atomic mass is 16.3. The van der Waals surface area contributed by atoms with E-state index in [2.05, 4.69) is 10.6 Å². The van der Waals surface area contributed by atoms with E-state index in [1.54, 1.807) is 31.0 Å². The Labute approximate surface area is 117 Å². The number of carbonyl (C=O) groups is 2. The molecule has 112 valence electrons. The third kappa shape index (κ3) is 6.91. The average molecular weight is 283 g/mol. The van der Waals surface area contributed by atoms with Crippen LogP contribution in [0.25, 0.3) is 0 Å². The van der Waals surface area contributed by atoms with Gasteiger partial charge >= 0.3 is 6.03 Å². The van der Waals surface area contributed by atoms with Gasteiger partial charge in [-0.15, -0.1) is 0 Å². The van der Waals surface area contributed by atoms with Crippen molar-refractivity contribution in [3.05, 3.63) is 24.2 Å². The smallest absolute Gasteiger partial charge is 0.321 e. The minimum atomic E-state index is -0.560. The van der Waals surface area contributed by atoms with Crippen molar-refractivity contribution in [1.29, 1.82) is 0 Å². The Bertz CT molecular complexity index is 417. The second-order valence-electron chi connectivity index (χ2n) is 4.69. The van der Waals surface area contributed by atoms with Gasteiger partial charge < -0.3 is 14.8 Å². The third-order valence-corrected chi connectivity index (χ3v) is 2.60. The molecule has 1 atom stereocenters. The number of rotatable bonds is 7. The Morgan fingerprint density at radius 3 is 2.85 bits per heavy atom. The molecular weight excluding hydrogens is 262 g/mol. The number of urea groups is 1. The summed E-state index contributed by atoms with van der Waals surface area (Å²) in [5.41, 5.74) is 0. The van der Waals surface area contributed by atoms with Gasteiger partial charge in [-0.1, -0.05) is 0 Å². The number of furan rings is 1. The second kappa shape index (κ2) is 8.34. The van der Waals surface area contributed by atoms with Crippen LogP contribution >= 0.6 is 0 Å². The van der Waals surface area contributed by atoms with Gasteiger partial charge in [0, 0.05) is 6.54 Å². The molecule has 3 amide bonds. The number of aliphatic hydroxyl groups is 1. The largest absolute Gasteiger partial charge is 0.467 e. The van der Waals surface area contributed by atoms with Crippen LogP contribution in [0.5, 0.6) is 0 Å². The minimum absolute atomic E-state index is 0.0981. The maximum Gasteiger partial charge on any atom is 0.321 e. The van der Waals surface area contributed by atoms with Gasteiger partial charge in [-0.25, -0.2) is 4.79 Å². The third-order valence-electron chi connectivity index (χ3n) is 2.60. The van der Waals surface area contributed by atoms with Crippen LogP contribution in [-0.2, 0) is 11.3 Å². The van der Waals surface area contributed by atoms with Crippen LogP contribution in [0.1, 0.15) is 19.1 Å². The van der Waals surface area contributed by atoms with E-state index in [-0.39, 0.29) is 13.1 Å². The second-order valence-corrected chi connectivity index (χ2v) is 4.69. The monoisotopic (exact) mass is 283 g/mol. The van der Waals surface area contributed by atoms with E-state index in [4.69, 9.17) is 9.52 Å². The maximum absolute atomic E-state index is 11.6. The fourth-order valence-electron chi connectivity index (χ4n) is 1.52. The first-order valence-corrected chi connectivity index (χ1v) is 6.44. The van der Waals surface area contributed by atoms with Crippen LogP contribution < -0.4 is 10.6 Å². The summed E-state index contributed by atoms with van der Waals surface area (Å²) in [5, 5.41) is 13.9. The van der Waals surface area contributed by atoms with Gasteiger partial charge in [-0.2, -0.15) is 0 Å². The first-order chi connectivity index (χ1) is 9.47. The summed E-state index contributed by atoms with van der Waals surface area (Å²) in [6.07, 6.45) is 1.68. The van der Waals surface area contributed by atoms with Crippen LogP contribution in [0.15, 0.2) is 22.8 Å². The van der Waals surface area contributed by atoms with Crippen molar-refractivity contribution >= 4 is 11.9 Å². The highest BCUT2D eigenvalue weighted by Crippen LogP contribution is 1.98. The summed E-state index contributed by atoms with van der Waals surface area (Å²) < 4.78 is 5.05. The minimum Gasteiger partial charge on any atom is -0.467 e. The fraction of sp³-hybridized carbons (Fsp3) is 0.538. The number of nitrogens with one attached hydrogen (secondary N) is 2. The molecule has 7 nitrogen and oxygen atoms in total. The van der Waals surface area contributed by atoms with E-state index in [0.29, 0.717) is 18.7 Å². The predicted octanol–water partition coefficient (Wildman–Crippen LogP) is 0.308. The molecule has 0 aliphatic carbocycles. The summed E-state index contributed by atoms with van der Waals surface area (Å²) in [7, 11) is 1.75. The number of carbonyl (C=O) groups excluding carboxylic acids is 2. The van der Waals surface area contributed by atoms with Gasteiger partial charge in [0.25, 0.3) is 0 Å². The fourth-order valence-corrected chi connectivity index (χ4v) is 1.52. The Hall–Kier alpha value is -1.86. The lowest BCUT2D eigenvalue weighted by molar-refractivity contribution is -0.120. The number of amides is 3. The van der Waals surface area contributed by atoms with E-state index < -0.39 is 18.0 Å². The van der Waals surface area contributed by atoms with Gasteiger partial charge in [0.1, 0.15) is 5.76 Å². The van der Waals surface area contributed by atoms with Crippen molar-refractivity contribution < 1.29 is 19.1 Å². The molecule has 1 unspecified atom stereocenters. The molecule has 0 bridgehead atoms. The van der Waals surface area contributed by atoms with E-state index in [1.807, 2.05) is 0 Å². The van der Waals surface area contributed by atoms with Crippen molar-refractivity contribution in [2.45, 2.75) is 26.0 Å². The van der Waals surface area contributed by atoms with E-state index in [9.17, 15) is 9.59 Å². The first-order valence-electron chi connectivity index (χ1n) is 6.44. The molecule has 0 aromatic carbocycles. The molecule has 20 heavy (non-hydrogen) atoms.